The van der Waals surface area contributed by atoms with Gasteiger partial charge in [-0.15, -0.1) is 0 Å². The lowest BCUT2D eigenvalue weighted by atomic mass is 10.1. The predicted molar refractivity (Wildman–Crippen MR) is 97.9 cm³/mol. The van der Waals surface area contributed by atoms with Crippen molar-refractivity contribution < 1.29 is 4.79 Å². The molecular weight excluding hydrogens is 328 g/mol. The fourth-order valence-corrected chi connectivity index (χ4v) is 2.91. The second-order valence-electron chi connectivity index (χ2n) is 6.19. The number of carbonyl (C=O) groups is 1. The third kappa shape index (κ3) is 3.23. The number of fused-ring (bicyclic) bond motifs is 2. The summed E-state index contributed by atoms with van der Waals surface area (Å²) in [4.78, 5) is 25.0. The van der Waals surface area contributed by atoms with Gasteiger partial charge in [-0.2, -0.15) is 10.1 Å². The number of rotatable bonds is 5. The van der Waals surface area contributed by atoms with Crippen molar-refractivity contribution in [1.82, 2.24) is 29.9 Å². The van der Waals surface area contributed by atoms with Crippen molar-refractivity contribution in [3.8, 4) is 0 Å². The molecule has 1 amide bonds. The number of hydrogen-bond acceptors (Lipinski definition) is 5. The number of amides is 1. The number of aryl methyl sites for hydroxylation is 2. The molecule has 0 spiro atoms. The molecule has 3 heterocycles. The van der Waals surface area contributed by atoms with E-state index in [0.717, 1.165) is 34.9 Å². The zero-order valence-corrected chi connectivity index (χ0v) is 14.4. The highest BCUT2D eigenvalue weighted by atomic mass is 16.1. The quantitative estimate of drug-likeness (QED) is 0.561. The van der Waals surface area contributed by atoms with E-state index in [4.69, 9.17) is 0 Å². The zero-order valence-electron chi connectivity index (χ0n) is 14.4. The van der Waals surface area contributed by atoms with Gasteiger partial charge in [0.25, 0.3) is 11.7 Å². The van der Waals surface area contributed by atoms with Crippen LogP contribution in [0, 0.1) is 6.92 Å². The number of carbonyl (C=O) groups excluding carboxylic acids is 1. The first-order valence-electron chi connectivity index (χ1n) is 8.48. The van der Waals surface area contributed by atoms with Crippen LogP contribution < -0.4 is 5.32 Å². The van der Waals surface area contributed by atoms with Crippen molar-refractivity contribution in [3.05, 3.63) is 65.9 Å². The number of benzene rings is 1. The maximum absolute atomic E-state index is 12.4. The lowest BCUT2D eigenvalue weighted by Crippen LogP contribution is -2.24. The number of pyridine rings is 1. The number of hydrogen-bond donors (Lipinski definition) is 1. The van der Waals surface area contributed by atoms with Gasteiger partial charge in [0.1, 0.15) is 6.33 Å². The molecule has 0 bridgehead atoms. The summed E-state index contributed by atoms with van der Waals surface area (Å²) in [5.41, 5.74) is 3.72. The predicted octanol–water partition coefficient (Wildman–Crippen LogP) is 2.34. The molecule has 4 rings (SSSR count). The van der Waals surface area contributed by atoms with E-state index in [1.807, 2.05) is 37.4 Å². The van der Waals surface area contributed by atoms with Gasteiger partial charge in [0.2, 0.25) is 0 Å². The molecule has 0 unspecified atom stereocenters. The Labute approximate surface area is 150 Å². The van der Waals surface area contributed by atoms with E-state index in [1.54, 1.807) is 16.9 Å². The SMILES string of the molecule is Cc1ccnc2ccc(C(=O)NCCCc3cnc4ncnn4c3)cc12. The zero-order chi connectivity index (χ0) is 17.9. The Bertz CT molecular complexity index is 1090. The summed E-state index contributed by atoms with van der Waals surface area (Å²) in [6, 6.07) is 7.54. The number of nitrogens with zero attached hydrogens (tertiary/aromatic N) is 5. The molecular formula is C19H18N6O. The van der Waals surface area contributed by atoms with Crippen LogP contribution in [0.5, 0.6) is 0 Å². The van der Waals surface area contributed by atoms with E-state index in [9.17, 15) is 4.79 Å². The summed E-state index contributed by atoms with van der Waals surface area (Å²) in [6.45, 7) is 2.62. The molecule has 0 atom stereocenters. The topological polar surface area (TPSA) is 85.1 Å². The minimum Gasteiger partial charge on any atom is -0.352 e. The lowest BCUT2D eigenvalue weighted by Gasteiger charge is -2.07. The van der Waals surface area contributed by atoms with Crippen molar-refractivity contribution >= 4 is 22.6 Å². The average Bonchev–Trinajstić information content (AvgIpc) is 3.13. The van der Waals surface area contributed by atoms with Crippen molar-refractivity contribution in [2.24, 2.45) is 0 Å². The fourth-order valence-electron chi connectivity index (χ4n) is 2.91. The van der Waals surface area contributed by atoms with Crippen LogP contribution in [0.25, 0.3) is 16.7 Å². The Morgan fingerprint density at radius 3 is 3.04 bits per heavy atom. The molecule has 0 saturated heterocycles. The highest BCUT2D eigenvalue weighted by molar-refractivity contribution is 5.98. The molecule has 3 aromatic heterocycles. The van der Waals surface area contributed by atoms with Gasteiger partial charge in [-0.25, -0.2) is 9.50 Å². The van der Waals surface area contributed by atoms with Gasteiger partial charge in [-0.05, 0) is 55.2 Å². The molecule has 0 radical (unpaired) electrons. The standard InChI is InChI=1S/C19H18N6O/c1-13-6-8-20-17-5-4-15(9-16(13)17)18(26)21-7-2-3-14-10-22-19-23-12-24-25(19)11-14/h4-6,8-12H,2-3,7H2,1H3,(H,21,26). The van der Waals surface area contributed by atoms with E-state index in [0.29, 0.717) is 17.9 Å². The molecule has 0 aliphatic carbocycles. The molecule has 26 heavy (non-hydrogen) atoms. The summed E-state index contributed by atoms with van der Waals surface area (Å²) in [7, 11) is 0. The van der Waals surface area contributed by atoms with E-state index in [2.05, 4.69) is 25.4 Å². The van der Waals surface area contributed by atoms with Crippen LogP contribution in [0.1, 0.15) is 27.9 Å². The summed E-state index contributed by atoms with van der Waals surface area (Å²) in [5, 5.41) is 8.05. The van der Waals surface area contributed by atoms with Crippen molar-refractivity contribution in [1.29, 1.82) is 0 Å². The van der Waals surface area contributed by atoms with Gasteiger partial charge in [0.15, 0.2) is 0 Å². The fraction of sp³-hybridized carbons (Fsp3) is 0.211. The van der Waals surface area contributed by atoms with Gasteiger partial charge in [0.05, 0.1) is 5.52 Å². The largest absolute Gasteiger partial charge is 0.352 e. The second-order valence-corrected chi connectivity index (χ2v) is 6.19. The molecule has 7 nitrogen and oxygen atoms in total. The van der Waals surface area contributed by atoms with Gasteiger partial charge in [-0.3, -0.25) is 9.78 Å². The molecule has 0 fully saturated rings. The number of aromatic nitrogens is 5. The first-order chi connectivity index (χ1) is 12.7. The third-order valence-electron chi connectivity index (χ3n) is 4.34. The van der Waals surface area contributed by atoms with Gasteiger partial charge in [-0.1, -0.05) is 0 Å². The summed E-state index contributed by atoms with van der Waals surface area (Å²) in [6.07, 6.45) is 8.60. The lowest BCUT2D eigenvalue weighted by molar-refractivity contribution is 0.0953. The van der Waals surface area contributed by atoms with Crippen LogP contribution in [-0.4, -0.2) is 37.0 Å². The second kappa shape index (κ2) is 6.87. The monoisotopic (exact) mass is 346 g/mol. The Morgan fingerprint density at radius 1 is 1.19 bits per heavy atom. The maximum atomic E-state index is 12.4. The highest BCUT2D eigenvalue weighted by Gasteiger charge is 2.07. The Hall–Kier alpha value is -3.35. The van der Waals surface area contributed by atoms with Gasteiger partial charge >= 0.3 is 0 Å². The van der Waals surface area contributed by atoms with Crippen molar-refractivity contribution in [3.63, 3.8) is 0 Å². The molecule has 0 saturated carbocycles. The first-order valence-corrected chi connectivity index (χ1v) is 8.48. The molecule has 4 aromatic rings. The van der Waals surface area contributed by atoms with Crippen LogP contribution in [0.4, 0.5) is 0 Å². The maximum Gasteiger partial charge on any atom is 0.252 e. The molecule has 1 aromatic carbocycles. The Morgan fingerprint density at radius 2 is 2.12 bits per heavy atom. The van der Waals surface area contributed by atoms with Crippen LogP contribution in [0.15, 0.2) is 49.2 Å². The summed E-state index contributed by atoms with van der Waals surface area (Å²) >= 11 is 0. The van der Waals surface area contributed by atoms with Crippen LogP contribution in [0.3, 0.4) is 0 Å². The highest BCUT2D eigenvalue weighted by Crippen LogP contribution is 2.17. The summed E-state index contributed by atoms with van der Waals surface area (Å²) in [5.74, 6) is 0.517. The molecule has 0 aliphatic rings. The Kier molecular flexibility index (Phi) is 4.27. The van der Waals surface area contributed by atoms with E-state index in [1.165, 1.54) is 6.33 Å². The molecule has 7 heteroatoms. The van der Waals surface area contributed by atoms with Gasteiger partial charge in [0, 0.05) is 36.1 Å². The normalized spacial score (nSPS) is 11.1. The minimum atomic E-state index is -0.0694. The third-order valence-corrected chi connectivity index (χ3v) is 4.34. The van der Waals surface area contributed by atoms with E-state index >= 15 is 0 Å². The van der Waals surface area contributed by atoms with Crippen molar-refractivity contribution in [2.75, 3.05) is 6.54 Å². The van der Waals surface area contributed by atoms with Crippen LogP contribution in [-0.2, 0) is 6.42 Å². The van der Waals surface area contributed by atoms with Crippen LogP contribution in [0.2, 0.25) is 0 Å². The van der Waals surface area contributed by atoms with E-state index < -0.39 is 0 Å². The minimum absolute atomic E-state index is 0.0694. The smallest absolute Gasteiger partial charge is 0.252 e. The molecule has 0 aliphatic heterocycles. The molecule has 130 valence electrons. The van der Waals surface area contributed by atoms with E-state index in [-0.39, 0.29) is 5.91 Å². The first kappa shape index (κ1) is 16.1. The van der Waals surface area contributed by atoms with Gasteiger partial charge < -0.3 is 5.32 Å². The van der Waals surface area contributed by atoms with Crippen LogP contribution >= 0.6 is 0 Å². The Balaban J connectivity index is 1.35. The number of nitrogens with one attached hydrogen (secondary N) is 1. The average molecular weight is 346 g/mol. The molecule has 1 N–H and O–H groups in total. The summed E-state index contributed by atoms with van der Waals surface area (Å²) < 4.78 is 1.65. The van der Waals surface area contributed by atoms with Crippen molar-refractivity contribution in [2.45, 2.75) is 19.8 Å².